The summed E-state index contributed by atoms with van der Waals surface area (Å²) in [6, 6.07) is 0. The van der Waals surface area contributed by atoms with E-state index in [-0.39, 0.29) is 31.0 Å². The fourth-order valence-electron chi connectivity index (χ4n) is 2.62. The molecule has 1 N–H and O–H groups in total. The van der Waals surface area contributed by atoms with Gasteiger partial charge in [0.15, 0.2) is 5.69 Å². The molecular formula is C18H26IN3O6. The Kier molecular flexibility index (Phi) is 6.94. The molecule has 0 atom stereocenters. The number of nitrogens with one attached hydrogen (secondary N) is 1. The van der Waals surface area contributed by atoms with Crippen LogP contribution in [0, 0.1) is 3.70 Å². The van der Waals surface area contributed by atoms with Gasteiger partial charge in [-0.05, 0) is 70.1 Å². The molecule has 0 unspecified atom stereocenters. The normalized spacial score (nSPS) is 14.9. The largest absolute Gasteiger partial charge is 0.462 e. The zero-order valence-corrected chi connectivity index (χ0v) is 18.9. The van der Waals surface area contributed by atoms with E-state index in [4.69, 9.17) is 14.2 Å². The molecule has 1 heterocycles. The van der Waals surface area contributed by atoms with E-state index in [0.29, 0.717) is 16.5 Å². The molecule has 0 saturated heterocycles. The van der Waals surface area contributed by atoms with Crippen LogP contribution in [0.1, 0.15) is 68.3 Å². The van der Waals surface area contributed by atoms with Gasteiger partial charge in [-0.25, -0.2) is 14.4 Å². The third-order valence-corrected chi connectivity index (χ3v) is 4.69. The van der Waals surface area contributed by atoms with E-state index in [1.165, 1.54) is 4.68 Å². The first kappa shape index (κ1) is 22.4. The average Bonchev–Trinajstić information content (AvgIpc) is 3.20. The molecule has 0 bridgehead atoms. The molecule has 1 aliphatic carbocycles. The quantitative estimate of drug-likeness (QED) is 0.344. The number of aromatic nitrogens is 2. The lowest BCUT2D eigenvalue weighted by molar-refractivity contribution is 0.0462. The van der Waals surface area contributed by atoms with E-state index < -0.39 is 29.2 Å². The molecule has 0 spiro atoms. The number of hydrogen-bond donors (Lipinski definition) is 1. The Hall–Kier alpha value is -1.85. The molecule has 1 aliphatic rings. The first-order valence-corrected chi connectivity index (χ1v) is 10.2. The van der Waals surface area contributed by atoms with Crippen LogP contribution >= 0.6 is 22.6 Å². The fraction of sp³-hybridized carbons (Fsp3) is 0.667. The van der Waals surface area contributed by atoms with E-state index in [2.05, 4.69) is 10.4 Å². The number of carbonyl (C=O) groups is 3. The standard InChI is InChI=1S/C18H26IN3O6/c1-6-26-14(23)11-12(15(24)27-7-2)22(21-13(11)19)10-18(8-9-18)20-16(25)28-17(3,4)5/h6-10H2,1-5H3,(H,20,25). The molecule has 1 fully saturated rings. The number of rotatable bonds is 7. The fourth-order valence-corrected chi connectivity index (χ4v) is 3.35. The topological polar surface area (TPSA) is 109 Å². The lowest BCUT2D eigenvalue weighted by atomic mass is 10.2. The van der Waals surface area contributed by atoms with E-state index in [0.717, 1.165) is 0 Å². The number of halogens is 1. The van der Waals surface area contributed by atoms with Gasteiger partial charge in [-0.2, -0.15) is 5.10 Å². The molecule has 1 amide bonds. The molecule has 0 aromatic carbocycles. The van der Waals surface area contributed by atoms with E-state index in [1.807, 2.05) is 22.6 Å². The average molecular weight is 507 g/mol. The van der Waals surface area contributed by atoms with Crippen LogP contribution in [0.4, 0.5) is 4.79 Å². The van der Waals surface area contributed by atoms with Crippen molar-refractivity contribution in [2.75, 3.05) is 13.2 Å². The summed E-state index contributed by atoms with van der Waals surface area (Å²) in [5.74, 6) is -1.29. The highest BCUT2D eigenvalue weighted by Crippen LogP contribution is 2.38. The van der Waals surface area contributed by atoms with Crippen molar-refractivity contribution in [1.29, 1.82) is 0 Å². The number of carbonyl (C=O) groups excluding carboxylic acids is 3. The second-order valence-corrected chi connectivity index (χ2v) is 8.54. The minimum Gasteiger partial charge on any atom is -0.462 e. The highest BCUT2D eigenvalue weighted by molar-refractivity contribution is 14.1. The van der Waals surface area contributed by atoms with Crippen LogP contribution in [0.2, 0.25) is 0 Å². The monoisotopic (exact) mass is 507 g/mol. The molecular weight excluding hydrogens is 481 g/mol. The Morgan fingerprint density at radius 1 is 1.14 bits per heavy atom. The summed E-state index contributed by atoms with van der Waals surface area (Å²) in [4.78, 5) is 37.0. The van der Waals surface area contributed by atoms with Crippen molar-refractivity contribution in [3.63, 3.8) is 0 Å². The second-order valence-electron chi connectivity index (χ2n) is 7.52. The van der Waals surface area contributed by atoms with Crippen molar-refractivity contribution in [3.8, 4) is 0 Å². The molecule has 2 rings (SSSR count). The summed E-state index contributed by atoms with van der Waals surface area (Å²) < 4.78 is 17.2. The minimum atomic E-state index is -0.658. The van der Waals surface area contributed by atoms with Crippen LogP contribution in [0.5, 0.6) is 0 Å². The highest BCUT2D eigenvalue weighted by atomic mass is 127. The number of alkyl carbamates (subject to hydrolysis) is 1. The number of amides is 1. The van der Waals surface area contributed by atoms with Crippen molar-refractivity contribution < 1.29 is 28.6 Å². The van der Waals surface area contributed by atoms with Crippen molar-refractivity contribution in [2.45, 2.75) is 65.1 Å². The minimum absolute atomic E-state index is 0.0296. The third kappa shape index (κ3) is 5.58. The van der Waals surface area contributed by atoms with Crippen molar-refractivity contribution in [3.05, 3.63) is 15.0 Å². The molecule has 0 aliphatic heterocycles. The Bertz CT molecular complexity index is 764. The van der Waals surface area contributed by atoms with Gasteiger partial charge < -0.3 is 19.5 Å². The van der Waals surface area contributed by atoms with Crippen LogP contribution in [0.15, 0.2) is 0 Å². The Morgan fingerprint density at radius 3 is 2.21 bits per heavy atom. The van der Waals surface area contributed by atoms with Gasteiger partial charge in [0, 0.05) is 0 Å². The summed E-state index contributed by atoms with van der Waals surface area (Å²) in [6.45, 7) is 9.27. The molecule has 9 nitrogen and oxygen atoms in total. The zero-order chi connectivity index (χ0) is 21.1. The Labute approximate surface area is 177 Å². The Balaban J connectivity index is 2.30. The molecule has 156 valence electrons. The number of esters is 2. The van der Waals surface area contributed by atoms with Crippen molar-refractivity contribution in [1.82, 2.24) is 15.1 Å². The summed E-state index contributed by atoms with van der Waals surface area (Å²) in [5.41, 5.74) is -1.09. The van der Waals surface area contributed by atoms with Gasteiger partial charge in [0.05, 0.1) is 25.3 Å². The zero-order valence-electron chi connectivity index (χ0n) is 16.8. The molecule has 28 heavy (non-hydrogen) atoms. The Morgan fingerprint density at radius 2 is 1.71 bits per heavy atom. The van der Waals surface area contributed by atoms with Gasteiger partial charge in [0.25, 0.3) is 0 Å². The maximum absolute atomic E-state index is 12.5. The van der Waals surface area contributed by atoms with Gasteiger partial charge in [0.2, 0.25) is 0 Å². The molecule has 1 aromatic heterocycles. The maximum atomic E-state index is 12.5. The van der Waals surface area contributed by atoms with Crippen molar-refractivity contribution in [2.24, 2.45) is 0 Å². The van der Waals surface area contributed by atoms with Crippen LogP contribution in [-0.2, 0) is 20.8 Å². The summed E-state index contributed by atoms with van der Waals surface area (Å²) >= 11 is 1.89. The first-order valence-electron chi connectivity index (χ1n) is 9.13. The smallest absolute Gasteiger partial charge is 0.408 e. The predicted molar refractivity (Wildman–Crippen MR) is 108 cm³/mol. The highest BCUT2D eigenvalue weighted by Gasteiger charge is 2.47. The number of nitrogens with zero attached hydrogens (tertiary/aromatic N) is 2. The van der Waals surface area contributed by atoms with E-state index in [9.17, 15) is 14.4 Å². The molecule has 1 saturated carbocycles. The molecule has 0 radical (unpaired) electrons. The maximum Gasteiger partial charge on any atom is 0.408 e. The van der Waals surface area contributed by atoms with Gasteiger partial charge in [-0.3, -0.25) is 4.68 Å². The van der Waals surface area contributed by atoms with Crippen LogP contribution in [0.25, 0.3) is 0 Å². The summed E-state index contributed by atoms with van der Waals surface area (Å²) in [5, 5.41) is 7.19. The van der Waals surface area contributed by atoms with Crippen LogP contribution in [0.3, 0.4) is 0 Å². The van der Waals surface area contributed by atoms with Gasteiger partial charge in [-0.1, -0.05) is 0 Å². The van der Waals surface area contributed by atoms with E-state index in [1.54, 1.807) is 34.6 Å². The van der Waals surface area contributed by atoms with Gasteiger partial charge >= 0.3 is 18.0 Å². The first-order chi connectivity index (χ1) is 13.0. The van der Waals surface area contributed by atoms with Crippen LogP contribution in [-0.4, -0.2) is 52.2 Å². The van der Waals surface area contributed by atoms with E-state index >= 15 is 0 Å². The lowest BCUT2D eigenvalue weighted by Crippen LogP contribution is -2.43. The molecule has 10 heteroatoms. The summed E-state index contributed by atoms with van der Waals surface area (Å²) in [7, 11) is 0. The van der Waals surface area contributed by atoms with Crippen molar-refractivity contribution >= 4 is 40.6 Å². The van der Waals surface area contributed by atoms with Gasteiger partial charge in [0.1, 0.15) is 14.9 Å². The third-order valence-electron chi connectivity index (χ3n) is 3.93. The second kappa shape index (κ2) is 8.66. The molecule has 1 aromatic rings. The lowest BCUT2D eigenvalue weighted by Gasteiger charge is -2.23. The number of ether oxygens (including phenoxy) is 3. The van der Waals surface area contributed by atoms with Crippen LogP contribution < -0.4 is 5.32 Å². The SMILES string of the molecule is CCOC(=O)c1c(I)nn(CC2(NC(=O)OC(C)(C)C)CC2)c1C(=O)OCC. The number of hydrogen-bond acceptors (Lipinski definition) is 7. The summed E-state index contributed by atoms with van der Waals surface area (Å²) in [6.07, 6.45) is 0.884. The predicted octanol–water partition coefficient (Wildman–Crippen LogP) is 2.90. The van der Waals surface area contributed by atoms with Gasteiger partial charge in [-0.15, -0.1) is 0 Å².